The van der Waals surface area contributed by atoms with Gasteiger partial charge in [0.25, 0.3) is 0 Å². The van der Waals surface area contributed by atoms with Crippen LogP contribution in [-0.2, 0) is 23.6 Å². The molecule has 1 amide bonds. The van der Waals surface area contributed by atoms with Gasteiger partial charge in [-0.25, -0.2) is 0 Å². The van der Waals surface area contributed by atoms with Crippen molar-refractivity contribution in [1.29, 1.82) is 0 Å². The average molecular weight is 411 g/mol. The number of hydrogen-bond acceptors (Lipinski definition) is 4. The fraction of sp³-hybridized carbons (Fsp3) is 0.609. The van der Waals surface area contributed by atoms with Crippen molar-refractivity contribution in [2.75, 3.05) is 0 Å². The Morgan fingerprint density at radius 1 is 1.10 bits per heavy atom. The molecular weight excluding hydrogens is 380 g/mol. The minimum Gasteiger partial charge on any atom is -0.348 e. The van der Waals surface area contributed by atoms with E-state index in [0.717, 1.165) is 60.3 Å². The van der Waals surface area contributed by atoms with Crippen molar-refractivity contribution in [2.24, 2.45) is 23.2 Å². The second-order valence-corrected chi connectivity index (χ2v) is 10.2. The van der Waals surface area contributed by atoms with Gasteiger partial charge in [-0.15, -0.1) is 10.2 Å². The molecule has 2 aromatic rings. The maximum atomic E-state index is 13.2. The zero-order valence-corrected chi connectivity index (χ0v) is 18.0. The molecule has 154 valence electrons. The van der Waals surface area contributed by atoms with Crippen LogP contribution in [0.15, 0.2) is 35.5 Å². The van der Waals surface area contributed by atoms with E-state index in [-0.39, 0.29) is 11.3 Å². The predicted molar refractivity (Wildman–Crippen MR) is 114 cm³/mol. The highest BCUT2D eigenvalue weighted by atomic mass is 32.2. The summed E-state index contributed by atoms with van der Waals surface area (Å²) in [4.78, 5) is 13.2. The molecule has 1 aromatic carbocycles. The number of nitrogens with zero attached hydrogens (tertiary/aromatic N) is 3. The number of rotatable bonds is 7. The van der Waals surface area contributed by atoms with Gasteiger partial charge in [0.1, 0.15) is 0 Å². The number of amides is 1. The van der Waals surface area contributed by atoms with Crippen molar-refractivity contribution < 1.29 is 4.79 Å². The Balaban J connectivity index is 1.23. The minimum atomic E-state index is -0.100. The normalized spacial score (nSPS) is 29.9. The number of carbonyl (C=O) groups is 1. The molecule has 6 rings (SSSR count). The van der Waals surface area contributed by atoms with E-state index in [1.807, 2.05) is 6.07 Å². The van der Waals surface area contributed by atoms with Gasteiger partial charge in [-0.05, 0) is 68.8 Å². The summed E-state index contributed by atoms with van der Waals surface area (Å²) >= 11 is 1.70. The molecule has 4 bridgehead atoms. The standard InChI is InChI=1S/C23H30N4OS/c1-2-27-20(25-26-22(27)29-15-16-6-4-3-5-7-16)14-24-21(28)23-11-17-8-18(12-23)10-19(9-17)13-23/h3-7,17-19H,2,8-15H2,1H3,(H,24,28). The van der Waals surface area contributed by atoms with E-state index in [2.05, 4.69) is 51.3 Å². The first-order valence-electron chi connectivity index (χ1n) is 11.0. The molecule has 0 atom stereocenters. The summed E-state index contributed by atoms with van der Waals surface area (Å²) < 4.78 is 2.13. The van der Waals surface area contributed by atoms with Crippen LogP contribution in [-0.4, -0.2) is 20.7 Å². The van der Waals surface area contributed by atoms with Crippen molar-refractivity contribution in [2.45, 2.75) is 69.4 Å². The molecule has 0 spiro atoms. The van der Waals surface area contributed by atoms with E-state index in [1.54, 1.807) is 11.8 Å². The van der Waals surface area contributed by atoms with Crippen LogP contribution in [0.2, 0.25) is 0 Å². The lowest BCUT2D eigenvalue weighted by atomic mass is 9.49. The predicted octanol–water partition coefficient (Wildman–Crippen LogP) is 4.42. The third-order valence-corrected chi connectivity index (χ3v) is 8.29. The van der Waals surface area contributed by atoms with Crippen LogP contribution in [0.4, 0.5) is 0 Å². The Hall–Kier alpha value is -1.82. The maximum Gasteiger partial charge on any atom is 0.226 e. The minimum absolute atomic E-state index is 0.100. The highest BCUT2D eigenvalue weighted by molar-refractivity contribution is 7.98. The first-order valence-corrected chi connectivity index (χ1v) is 12.0. The topological polar surface area (TPSA) is 59.8 Å². The molecule has 4 saturated carbocycles. The van der Waals surface area contributed by atoms with E-state index < -0.39 is 0 Å². The summed E-state index contributed by atoms with van der Waals surface area (Å²) in [5.41, 5.74) is 1.18. The van der Waals surface area contributed by atoms with E-state index in [0.29, 0.717) is 6.54 Å². The number of benzene rings is 1. The van der Waals surface area contributed by atoms with Gasteiger partial charge in [0, 0.05) is 17.7 Å². The summed E-state index contributed by atoms with van der Waals surface area (Å²) in [5, 5.41) is 13.0. The van der Waals surface area contributed by atoms with Gasteiger partial charge in [0.05, 0.1) is 6.54 Å². The lowest BCUT2D eigenvalue weighted by molar-refractivity contribution is -0.146. The number of aromatic nitrogens is 3. The van der Waals surface area contributed by atoms with Gasteiger partial charge in [0.15, 0.2) is 11.0 Å². The molecule has 0 unspecified atom stereocenters. The summed E-state index contributed by atoms with van der Waals surface area (Å²) in [6.07, 6.45) is 7.38. The average Bonchev–Trinajstić information content (AvgIpc) is 3.12. The van der Waals surface area contributed by atoms with Crippen molar-refractivity contribution in [1.82, 2.24) is 20.1 Å². The van der Waals surface area contributed by atoms with Crippen LogP contribution in [0, 0.1) is 23.2 Å². The molecule has 29 heavy (non-hydrogen) atoms. The monoisotopic (exact) mass is 410 g/mol. The van der Waals surface area contributed by atoms with E-state index >= 15 is 0 Å². The van der Waals surface area contributed by atoms with Crippen molar-refractivity contribution in [3.05, 3.63) is 41.7 Å². The zero-order chi connectivity index (χ0) is 19.8. The van der Waals surface area contributed by atoms with Gasteiger partial charge >= 0.3 is 0 Å². The van der Waals surface area contributed by atoms with Gasteiger partial charge < -0.3 is 9.88 Å². The van der Waals surface area contributed by atoms with E-state index in [9.17, 15) is 4.79 Å². The Kier molecular flexibility index (Phi) is 5.14. The largest absolute Gasteiger partial charge is 0.348 e. The van der Waals surface area contributed by atoms with Gasteiger partial charge in [-0.3, -0.25) is 4.79 Å². The Morgan fingerprint density at radius 3 is 2.38 bits per heavy atom. The second-order valence-electron chi connectivity index (χ2n) is 9.30. The fourth-order valence-corrected chi connectivity index (χ4v) is 7.31. The highest BCUT2D eigenvalue weighted by Crippen LogP contribution is 2.60. The number of carbonyl (C=O) groups excluding carboxylic acids is 1. The number of thioether (sulfide) groups is 1. The number of nitrogens with one attached hydrogen (secondary N) is 1. The zero-order valence-electron chi connectivity index (χ0n) is 17.1. The van der Waals surface area contributed by atoms with Gasteiger partial charge in [-0.2, -0.15) is 0 Å². The summed E-state index contributed by atoms with van der Waals surface area (Å²) in [6, 6.07) is 10.4. The first-order chi connectivity index (χ1) is 14.1. The van der Waals surface area contributed by atoms with Crippen molar-refractivity contribution >= 4 is 17.7 Å². The summed E-state index contributed by atoms with van der Waals surface area (Å²) in [7, 11) is 0. The summed E-state index contributed by atoms with van der Waals surface area (Å²) in [6.45, 7) is 3.40. The van der Waals surface area contributed by atoms with Crippen LogP contribution in [0.25, 0.3) is 0 Å². The molecule has 4 fully saturated rings. The lowest BCUT2D eigenvalue weighted by Crippen LogP contribution is -2.53. The van der Waals surface area contributed by atoms with Gasteiger partial charge in [-0.1, -0.05) is 42.1 Å². The van der Waals surface area contributed by atoms with Crippen molar-refractivity contribution in [3.63, 3.8) is 0 Å². The van der Waals surface area contributed by atoms with E-state index in [1.165, 1.54) is 24.8 Å². The molecule has 4 aliphatic carbocycles. The smallest absolute Gasteiger partial charge is 0.226 e. The third kappa shape index (κ3) is 3.72. The van der Waals surface area contributed by atoms with Crippen LogP contribution in [0.1, 0.15) is 56.8 Å². The molecule has 0 saturated heterocycles. The Labute approximate surface area is 177 Å². The SMILES string of the molecule is CCn1c(CNC(=O)C23CC4CC(CC(C4)C2)C3)nnc1SCc1ccccc1. The van der Waals surface area contributed by atoms with Crippen LogP contribution >= 0.6 is 11.8 Å². The van der Waals surface area contributed by atoms with E-state index in [4.69, 9.17) is 0 Å². The van der Waals surface area contributed by atoms with Crippen LogP contribution in [0.3, 0.4) is 0 Å². The fourth-order valence-electron chi connectivity index (χ4n) is 6.33. The Morgan fingerprint density at radius 2 is 1.76 bits per heavy atom. The quantitative estimate of drug-likeness (QED) is 0.686. The molecule has 1 heterocycles. The summed E-state index contributed by atoms with van der Waals surface area (Å²) in [5.74, 6) is 4.35. The second kappa shape index (κ2) is 7.78. The van der Waals surface area contributed by atoms with Crippen molar-refractivity contribution in [3.8, 4) is 0 Å². The number of hydrogen-bond donors (Lipinski definition) is 1. The first kappa shape index (κ1) is 19.2. The molecule has 0 radical (unpaired) electrons. The maximum absolute atomic E-state index is 13.2. The highest BCUT2D eigenvalue weighted by Gasteiger charge is 2.54. The molecule has 1 aromatic heterocycles. The van der Waals surface area contributed by atoms with Gasteiger partial charge in [0.2, 0.25) is 5.91 Å². The molecule has 0 aliphatic heterocycles. The Bertz CT molecular complexity index is 843. The van der Waals surface area contributed by atoms with Crippen LogP contribution < -0.4 is 5.32 Å². The molecule has 6 heteroatoms. The lowest BCUT2D eigenvalue weighted by Gasteiger charge is -2.55. The molecular formula is C23H30N4OS. The van der Waals surface area contributed by atoms with Crippen LogP contribution in [0.5, 0.6) is 0 Å². The third-order valence-electron chi connectivity index (χ3n) is 7.25. The molecule has 1 N–H and O–H groups in total. The molecule has 4 aliphatic rings. The molecule has 5 nitrogen and oxygen atoms in total.